The van der Waals surface area contributed by atoms with Gasteiger partial charge in [-0.05, 0) is 6.92 Å². The Kier molecular flexibility index (Phi) is 1.21. The molecule has 0 bridgehead atoms. The molecule has 2 rings (SSSR count). The molecule has 2 aromatic rings. The number of nitrogen functional groups attached to an aromatic ring is 1. The Hall–Kier alpha value is -1.78. The van der Waals surface area contributed by atoms with Crippen molar-refractivity contribution in [3.8, 4) is 0 Å². The number of hydrogen-bond donors (Lipinski definition) is 2. The molecule has 0 spiro atoms. The maximum atomic E-state index is 11.1. The van der Waals surface area contributed by atoms with Crippen LogP contribution in [0.4, 0.5) is 5.95 Å². The van der Waals surface area contributed by atoms with Crippen LogP contribution in [0.1, 0.15) is 5.56 Å². The minimum absolute atomic E-state index is 0.108. The molecular formula is C7H7N3O2. The Labute approximate surface area is 67.2 Å². The SMILES string of the molecule is Cc1coc2c(=O)[nH]c(N)nc12. The van der Waals surface area contributed by atoms with Gasteiger partial charge >= 0.3 is 0 Å². The minimum atomic E-state index is -0.342. The molecule has 0 aliphatic rings. The highest BCUT2D eigenvalue weighted by atomic mass is 16.3. The molecule has 5 heteroatoms. The second-order valence-corrected chi connectivity index (χ2v) is 2.55. The average Bonchev–Trinajstić information content (AvgIpc) is 2.33. The fourth-order valence-electron chi connectivity index (χ4n) is 1.06. The normalized spacial score (nSPS) is 10.8. The van der Waals surface area contributed by atoms with E-state index in [2.05, 4.69) is 9.97 Å². The van der Waals surface area contributed by atoms with Crippen molar-refractivity contribution in [3.05, 3.63) is 22.2 Å². The van der Waals surface area contributed by atoms with E-state index in [-0.39, 0.29) is 17.1 Å². The van der Waals surface area contributed by atoms with Crippen LogP contribution in [0.5, 0.6) is 0 Å². The quantitative estimate of drug-likeness (QED) is 0.592. The zero-order valence-corrected chi connectivity index (χ0v) is 6.42. The van der Waals surface area contributed by atoms with E-state index in [9.17, 15) is 4.79 Å². The summed E-state index contributed by atoms with van der Waals surface area (Å²) in [6.45, 7) is 1.80. The van der Waals surface area contributed by atoms with E-state index in [4.69, 9.17) is 10.2 Å². The van der Waals surface area contributed by atoms with E-state index in [0.717, 1.165) is 5.56 Å². The summed E-state index contributed by atoms with van der Waals surface area (Å²) >= 11 is 0. The lowest BCUT2D eigenvalue weighted by Crippen LogP contribution is -2.09. The van der Waals surface area contributed by atoms with Crippen molar-refractivity contribution in [1.82, 2.24) is 9.97 Å². The molecule has 5 nitrogen and oxygen atoms in total. The van der Waals surface area contributed by atoms with Gasteiger partial charge in [-0.25, -0.2) is 4.98 Å². The van der Waals surface area contributed by atoms with Gasteiger partial charge in [-0.2, -0.15) is 0 Å². The number of nitrogens with two attached hydrogens (primary N) is 1. The molecule has 0 atom stereocenters. The van der Waals surface area contributed by atoms with Gasteiger partial charge in [-0.3, -0.25) is 9.78 Å². The smallest absolute Gasteiger partial charge is 0.295 e. The van der Waals surface area contributed by atoms with Crippen molar-refractivity contribution < 1.29 is 4.42 Å². The molecule has 2 aromatic heterocycles. The Bertz CT molecular complexity index is 483. The maximum Gasteiger partial charge on any atom is 0.295 e. The first kappa shape index (κ1) is 6.90. The standard InChI is InChI=1S/C7H7N3O2/c1-3-2-12-5-4(3)9-7(8)10-6(5)11/h2H,1H3,(H3,8,9,10,11). The van der Waals surface area contributed by atoms with Crippen molar-refractivity contribution in [1.29, 1.82) is 0 Å². The zero-order valence-electron chi connectivity index (χ0n) is 6.42. The number of fused-ring (bicyclic) bond motifs is 1. The van der Waals surface area contributed by atoms with E-state index in [1.54, 1.807) is 6.92 Å². The third kappa shape index (κ3) is 0.795. The molecule has 0 radical (unpaired) electrons. The molecule has 0 aromatic carbocycles. The summed E-state index contributed by atoms with van der Waals surface area (Å²) in [5.74, 6) is 0.108. The number of aromatic nitrogens is 2. The van der Waals surface area contributed by atoms with Crippen LogP contribution in [0.15, 0.2) is 15.5 Å². The Morgan fingerprint density at radius 3 is 3.17 bits per heavy atom. The number of aromatic amines is 1. The highest BCUT2D eigenvalue weighted by Crippen LogP contribution is 2.13. The zero-order chi connectivity index (χ0) is 8.72. The summed E-state index contributed by atoms with van der Waals surface area (Å²) < 4.78 is 4.97. The fraction of sp³-hybridized carbons (Fsp3) is 0.143. The lowest BCUT2D eigenvalue weighted by Gasteiger charge is -1.91. The third-order valence-corrected chi connectivity index (χ3v) is 1.62. The summed E-state index contributed by atoms with van der Waals surface area (Å²) in [6.07, 6.45) is 1.48. The fourth-order valence-corrected chi connectivity index (χ4v) is 1.06. The van der Waals surface area contributed by atoms with Crippen LogP contribution >= 0.6 is 0 Å². The Morgan fingerprint density at radius 1 is 1.67 bits per heavy atom. The predicted molar refractivity (Wildman–Crippen MR) is 43.8 cm³/mol. The first-order valence-electron chi connectivity index (χ1n) is 3.42. The number of rotatable bonds is 0. The summed E-state index contributed by atoms with van der Waals surface area (Å²) in [5, 5.41) is 0. The largest absolute Gasteiger partial charge is 0.457 e. The lowest BCUT2D eigenvalue weighted by molar-refractivity contribution is 0.607. The molecule has 0 aliphatic heterocycles. The minimum Gasteiger partial charge on any atom is -0.457 e. The van der Waals surface area contributed by atoms with Gasteiger partial charge in [-0.1, -0.05) is 0 Å². The summed E-state index contributed by atoms with van der Waals surface area (Å²) in [4.78, 5) is 17.4. The van der Waals surface area contributed by atoms with Gasteiger partial charge in [0.1, 0.15) is 5.52 Å². The average molecular weight is 165 g/mol. The lowest BCUT2D eigenvalue weighted by atomic mass is 10.3. The summed E-state index contributed by atoms with van der Waals surface area (Å²) in [7, 11) is 0. The highest BCUT2D eigenvalue weighted by Gasteiger charge is 2.07. The van der Waals surface area contributed by atoms with Crippen molar-refractivity contribution in [2.75, 3.05) is 5.73 Å². The van der Waals surface area contributed by atoms with Gasteiger partial charge in [0.15, 0.2) is 0 Å². The van der Waals surface area contributed by atoms with Crippen molar-refractivity contribution >= 4 is 17.0 Å². The van der Waals surface area contributed by atoms with Crippen LogP contribution in [-0.2, 0) is 0 Å². The van der Waals surface area contributed by atoms with E-state index < -0.39 is 0 Å². The molecule has 0 saturated heterocycles. The topological polar surface area (TPSA) is 84.9 Å². The van der Waals surface area contributed by atoms with E-state index in [0.29, 0.717) is 5.52 Å². The second-order valence-electron chi connectivity index (χ2n) is 2.55. The molecule has 0 amide bonds. The molecule has 0 unspecified atom stereocenters. The highest BCUT2D eigenvalue weighted by molar-refractivity contribution is 5.75. The van der Waals surface area contributed by atoms with Gasteiger partial charge in [-0.15, -0.1) is 0 Å². The number of nitrogens with one attached hydrogen (secondary N) is 1. The third-order valence-electron chi connectivity index (χ3n) is 1.62. The number of nitrogens with zero attached hydrogens (tertiary/aromatic N) is 1. The number of furan rings is 1. The predicted octanol–water partition coefficient (Wildman–Crippen LogP) is 0.407. The molecule has 12 heavy (non-hydrogen) atoms. The summed E-state index contributed by atoms with van der Waals surface area (Å²) in [6, 6.07) is 0. The first-order valence-corrected chi connectivity index (χ1v) is 3.42. The molecule has 0 fully saturated rings. The number of hydrogen-bond acceptors (Lipinski definition) is 4. The van der Waals surface area contributed by atoms with Crippen LogP contribution in [0.25, 0.3) is 11.1 Å². The van der Waals surface area contributed by atoms with E-state index in [1.165, 1.54) is 6.26 Å². The maximum absolute atomic E-state index is 11.1. The van der Waals surface area contributed by atoms with Gasteiger partial charge in [0, 0.05) is 5.56 Å². The van der Waals surface area contributed by atoms with Crippen LogP contribution < -0.4 is 11.3 Å². The Balaban J connectivity index is 3.03. The molecule has 62 valence electrons. The van der Waals surface area contributed by atoms with Gasteiger partial charge in [0.25, 0.3) is 5.56 Å². The van der Waals surface area contributed by atoms with E-state index >= 15 is 0 Å². The summed E-state index contributed by atoms with van der Waals surface area (Å²) in [5.41, 5.74) is 6.56. The van der Waals surface area contributed by atoms with Crippen LogP contribution in [0.3, 0.4) is 0 Å². The van der Waals surface area contributed by atoms with Crippen molar-refractivity contribution in [3.63, 3.8) is 0 Å². The number of H-pyrrole nitrogens is 1. The first-order chi connectivity index (χ1) is 5.68. The van der Waals surface area contributed by atoms with Crippen LogP contribution in [0, 0.1) is 6.92 Å². The van der Waals surface area contributed by atoms with Crippen LogP contribution in [0.2, 0.25) is 0 Å². The van der Waals surface area contributed by atoms with Crippen LogP contribution in [-0.4, -0.2) is 9.97 Å². The molecule has 2 heterocycles. The van der Waals surface area contributed by atoms with E-state index in [1.807, 2.05) is 0 Å². The van der Waals surface area contributed by atoms with Gasteiger partial charge in [0.2, 0.25) is 11.5 Å². The second kappa shape index (κ2) is 2.10. The van der Waals surface area contributed by atoms with Gasteiger partial charge < -0.3 is 10.2 Å². The number of aryl methyl sites for hydroxylation is 1. The molecule has 0 aliphatic carbocycles. The molecule has 3 N–H and O–H groups in total. The van der Waals surface area contributed by atoms with Gasteiger partial charge in [0.05, 0.1) is 6.26 Å². The number of anilines is 1. The van der Waals surface area contributed by atoms with Crippen molar-refractivity contribution in [2.24, 2.45) is 0 Å². The Morgan fingerprint density at radius 2 is 2.42 bits per heavy atom. The monoisotopic (exact) mass is 165 g/mol. The van der Waals surface area contributed by atoms with Crippen molar-refractivity contribution in [2.45, 2.75) is 6.92 Å². The molecule has 0 saturated carbocycles. The molecular weight excluding hydrogens is 158 g/mol.